The molecule has 0 spiro atoms. The summed E-state index contributed by atoms with van der Waals surface area (Å²) in [7, 11) is 2.96. The molecule has 2 atom stereocenters. The van der Waals surface area contributed by atoms with Crippen LogP contribution < -0.4 is 10.1 Å². The number of carbonyl (C=O) groups excluding carboxylic acids is 1. The standard InChI is InChI=1S/C16H25NO4/c1-10(2)17-13(9-15(18)21-5)16(19)12-6-7-14(20-4)11(3)8-12/h6-8,10,13,16-17,19H,9H2,1-5H3. The Kier molecular flexibility index (Phi) is 6.65. The van der Waals surface area contributed by atoms with Crippen LogP contribution in [0.3, 0.4) is 0 Å². The maximum atomic E-state index is 11.5. The lowest BCUT2D eigenvalue weighted by Crippen LogP contribution is -2.41. The van der Waals surface area contributed by atoms with Crippen molar-refractivity contribution < 1.29 is 19.4 Å². The Labute approximate surface area is 126 Å². The van der Waals surface area contributed by atoms with Gasteiger partial charge in [-0.1, -0.05) is 19.9 Å². The van der Waals surface area contributed by atoms with Crippen molar-refractivity contribution in [2.24, 2.45) is 0 Å². The van der Waals surface area contributed by atoms with E-state index in [-0.39, 0.29) is 18.4 Å². The monoisotopic (exact) mass is 295 g/mol. The third kappa shape index (κ3) is 5.02. The van der Waals surface area contributed by atoms with Gasteiger partial charge in [-0.2, -0.15) is 0 Å². The molecular weight excluding hydrogens is 270 g/mol. The molecule has 1 aromatic rings. The van der Waals surface area contributed by atoms with Crippen LogP contribution >= 0.6 is 0 Å². The van der Waals surface area contributed by atoms with Crippen molar-refractivity contribution in [2.75, 3.05) is 14.2 Å². The zero-order chi connectivity index (χ0) is 16.0. The SMILES string of the molecule is COC(=O)CC(NC(C)C)C(O)c1ccc(OC)c(C)c1. The van der Waals surface area contributed by atoms with E-state index in [4.69, 9.17) is 9.47 Å². The Hall–Kier alpha value is -1.59. The van der Waals surface area contributed by atoms with Crippen LogP contribution in [0.5, 0.6) is 5.75 Å². The fourth-order valence-corrected chi connectivity index (χ4v) is 2.27. The van der Waals surface area contributed by atoms with Crippen LogP contribution in [-0.2, 0) is 9.53 Å². The van der Waals surface area contributed by atoms with E-state index in [0.29, 0.717) is 0 Å². The van der Waals surface area contributed by atoms with E-state index in [0.717, 1.165) is 16.9 Å². The average molecular weight is 295 g/mol. The molecule has 0 fully saturated rings. The third-order valence-corrected chi connectivity index (χ3v) is 3.30. The molecule has 1 rings (SSSR count). The van der Waals surface area contributed by atoms with E-state index in [1.807, 2.05) is 39.0 Å². The number of benzene rings is 1. The summed E-state index contributed by atoms with van der Waals surface area (Å²) in [5.74, 6) is 0.421. The quantitative estimate of drug-likeness (QED) is 0.753. The molecular formula is C16H25NO4. The van der Waals surface area contributed by atoms with Crippen molar-refractivity contribution in [2.45, 2.75) is 45.4 Å². The summed E-state index contributed by atoms with van der Waals surface area (Å²) >= 11 is 0. The Balaban J connectivity index is 2.95. The van der Waals surface area contributed by atoms with Crippen molar-refractivity contribution in [1.82, 2.24) is 5.32 Å². The molecule has 0 aliphatic carbocycles. The molecule has 0 saturated heterocycles. The van der Waals surface area contributed by atoms with Gasteiger partial charge in [-0.25, -0.2) is 0 Å². The summed E-state index contributed by atoms with van der Waals surface area (Å²) in [4.78, 5) is 11.5. The Morgan fingerprint density at radius 3 is 2.48 bits per heavy atom. The maximum absolute atomic E-state index is 11.5. The van der Waals surface area contributed by atoms with E-state index in [1.54, 1.807) is 7.11 Å². The fraction of sp³-hybridized carbons (Fsp3) is 0.562. The number of methoxy groups -OCH3 is 2. The highest BCUT2D eigenvalue weighted by Gasteiger charge is 2.25. The average Bonchev–Trinajstić information content (AvgIpc) is 2.45. The first-order valence-electron chi connectivity index (χ1n) is 7.04. The van der Waals surface area contributed by atoms with Gasteiger partial charge in [0, 0.05) is 12.1 Å². The molecule has 5 nitrogen and oxygen atoms in total. The van der Waals surface area contributed by atoms with Gasteiger partial charge >= 0.3 is 5.97 Å². The summed E-state index contributed by atoms with van der Waals surface area (Å²) in [5.41, 5.74) is 1.69. The van der Waals surface area contributed by atoms with Crippen LogP contribution in [0.1, 0.15) is 37.5 Å². The van der Waals surface area contributed by atoms with Crippen molar-refractivity contribution >= 4 is 5.97 Å². The Morgan fingerprint density at radius 1 is 1.33 bits per heavy atom. The minimum Gasteiger partial charge on any atom is -0.496 e. The minimum atomic E-state index is -0.795. The van der Waals surface area contributed by atoms with Gasteiger partial charge < -0.3 is 19.9 Å². The number of aliphatic hydroxyl groups is 1. The molecule has 0 aliphatic heterocycles. The van der Waals surface area contributed by atoms with Crippen molar-refractivity contribution in [3.63, 3.8) is 0 Å². The number of aliphatic hydroxyl groups excluding tert-OH is 1. The van der Waals surface area contributed by atoms with Crippen LogP contribution in [0.15, 0.2) is 18.2 Å². The van der Waals surface area contributed by atoms with Crippen LogP contribution in [0.4, 0.5) is 0 Å². The van der Waals surface area contributed by atoms with Gasteiger partial charge in [0.2, 0.25) is 0 Å². The van der Waals surface area contributed by atoms with E-state index in [9.17, 15) is 9.90 Å². The van der Waals surface area contributed by atoms with Crippen molar-refractivity contribution in [3.8, 4) is 5.75 Å². The van der Waals surface area contributed by atoms with Gasteiger partial charge in [0.15, 0.2) is 0 Å². The number of hydrogen-bond donors (Lipinski definition) is 2. The second-order valence-electron chi connectivity index (χ2n) is 5.38. The second kappa shape index (κ2) is 8.00. The normalized spacial score (nSPS) is 13.9. The number of carbonyl (C=O) groups is 1. The number of hydrogen-bond acceptors (Lipinski definition) is 5. The minimum absolute atomic E-state index is 0.112. The fourth-order valence-electron chi connectivity index (χ4n) is 2.27. The van der Waals surface area contributed by atoms with E-state index < -0.39 is 12.1 Å². The third-order valence-electron chi connectivity index (χ3n) is 3.30. The molecule has 5 heteroatoms. The smallest absolute Gasteiger partial charge is 0.307 e. The first kappa shape index (κ1) is 17.5. The van der Waals surface area contributed by atoms with E-state index >= 15 is 0 Å². The first-order valence-corrected chi connectivity index (χ1v) is 7.04. The lowest BCUT2D eigenvalue weighted by molar-refractivity contribution is -0.142. The molecule has 2 unspecified atom stereocenters. The van der Waals surface area contributed by atoms with Gasteiger partial charge in [-0.15, -0.1) is 0 Å². The molecule has 2 N–H and O–H groups in total. The highest BCUT2D eigenvalue weighted by Crippen LogP contribution is 2.25. The molecule has 0 heterocycles. The maximum Gasteiger partial charge on any atom is 0.307 e. The zero-order valence-corrected chi connectivity index (χ0v) is 13.3. The van der Waals surface area contributed by atoms with Crippen LogP contribution in [0.25, 0.3) is 0 Å². The second-order valence-corrected chi connectivity index (χ2v) is 5.38. The molecule has 0 aromatic heterocycles. The largest absolute Gasteiger partial charge is 0.496 e. The van der Waals surface area contributed by atoms with Gasteiger partial charge in [0.05, 0.1) is 26.7 Å². The molecule has 1 aromatic carbocycles. The van der Waals surface area contributed by atoms with Crippen molar-refractivity contribution in [1.29, 1.82) is 0 Å². The Bertz CT molecular complexity index is 473. The van der Waals surface area contributed by atoms with Crippen LogP contribution in [0, 0.1) is 6.92 Å². The molecule has 0 radical (unpaired) electrons. The van der Waals surface area contributed by atoms with Gasteiger partial charge in [-0.3, -0.25) is 4.79 Å². The molecule has 118 valence electrons. The summed E-state index contributed by atoms with van der Waals surface area (Å²) in [6.45, 7) is 5.85. The number of aryl methyl sites for hydroxylation is 1. The van der Waals surface area contributed by atoms with Gasteiger partial charge in [0.1, 0.15) is 5.75 Å². The number of rotatable bonds is 7. The van der Waals surface area contributed by atoms with Gasteiger partial charge in [0.25, 0.3) is 0 Å². The molecule has 0 saturated carbocycles. The summed E-state index contributed by atoms with van der Waals surface area (Å²) in [6, 6.07) is 5.25. The Morgan fingerprint density at radius 2 is 2.00 bits per heavy atom. The molecule has 21 heavy (non-hydrogen) atoms. The number of nitrogens with one attached hydrogen (secondary N) is 1. The molecule has 0 bridgehead atoms. The summed E-state index contributed by atoms with van der Waals surface area (Å²) in [5, 5.41) is 13.8. The van der Waals surface area contributed by atoms with Crippen molar-refractivity contribution in [3.05, 3.63) is 29.3 Å². The summed E-state index contributed by atoms with van der Waals surface area (Å²) < 4.78 is 9.91. The van der Waals surface area contributed by atoms with Crippen LogP contribution in [0.2, 0.25) is 0 Å². The number of ether oxygens (including phenoxy) is 2. The topological polar surface area (TPSA) is 67.8 Å². The van der Waals surface area contributed by atoms with Gasteiger partial charge in [-0.05, 0) is 30.2 Å². The lowest BCUT2D eigenvalue weighted by atomic mass is 9.97. The lowest BCUT2D eigenvalue weighted by Gasteiger charge is -2.26. The molecule has 0 aliphatic rings. The highest BCUT2D eigenvalue weighted by atomic mass is 16.5. The van der Waals surface area contributed by atoms with E-state index in [2.05, 4.69) is 5.32 Å². The van der Waals surface area contributed by atoms with Crippen LogP contribution in [-0.4, -0.2) is 37.4 Å². The van der Waals surface area contributed by atoms with E-state index in [1.165, 1.54) is 7.11 Å². The zero-order valence-electron chi connectivity index (χ0n) is 13.3. The number of esters is 1. The predicted octanol–water partition coefficient (Wildman–Crippen LogP) is 1.97. The summed E-state index contributed by atoms with van der Waals surface area (Å²) in [6.07, 6.45) is -0.683. The predicted molar refractivity (Wildman–Crippen MR) is 81.4 cm³/mol. The molecule has 0 amide bonds. The highest BCUT2D eigenvalue weighted by molar-refractivity contribution is 5.70. The first-order chi connectivity index (χ1) is 9.88.